The standard InChI is InChI=1S/C24H28ClNO5S/c1-2-3-4-6-18-21(27)22(28)23(29)24(31-18)14-8-9-16(25)15(11-14)12-20-26-13-19(32-20)17-7-5-10-30-17/h5,7-11,13,18,21-24,27-29H,2-4,6,12H2,1H3/t18-,21-,22-,23-,24+/m1/s1. The van der Waals surface area contributed by atoms with E-state index < -0.39 is 30.5 Å². The molecule has 0 radical (unpaired) electrons. The van der Waals surface area contributed by atoms with Gasteiger partial charge in [-0.25, -0.2) is 4.98 Å². The summed E-state index contributed by atoms with van der Waals surface area (Å²) >= 11 is 7.99. The maximum absolute atomic E-state index is 10.6. The van der Waals surface area contributed by atoms with Gasteiger partial charge >= 0.3 is 0 Å². The molecule has 0 unspecified atom stereocenters. The molecule has 6 nitrogen and oxygen atoms in total. The van der Waals surface area contributed by atoms with Crippen molar-refractivity contribution in [3.63, 3.8) is 0 Å². The van der Waals surface area contributed by atoms with Crippen LogP contribution in [-0.4, -0.2) is 44.7 Å². The van der Waals surface area contributed by atoms with Gasteiger partial charge in [0.05, 0.1) is 22.3 Å². The van der Waals surface area contributed by atoms with E-state index in [0.29, 0.717) is 23.4 Å². The van der Waals surface area contributed by atoms with Crippen molar-refractivity contribution in [1.29, 1.82) is 0 Å². The Labute approximate surface area is 196 Å². The van der Waals surface area contributed by atoms with Gasteiger partial charge in [0, 0.05) is 17.6 Å². The minimum Gasteiger partial charge on any atom is -0.463 e. The summed E-state index contributed by atoms with van der Waals surface area (Å²) in [6.45, 7) is 2.11. The predicted octanol–water partition coefficient (Wildman–Crippen LogP) is 4.75. The first kappa shape index (κ1) is 23.4. The molecule has 3 heterocycles. The van der Waals surface area contributed by atoms with Crippen LogP contribution in [0.2, 0.25) is 5.02 Å². The molecule has 3 N–H and O–H groups in total. The molecule has 2 aromatic heterocycles. The van der Waals surface area contributed by atoms with Gasteiger partial charge in [0.15, 0.2) is 0 Å². The second-order valence-electron chi connectivity index (χ2n) is 8.19. The quantitative estimate of drug-likeness (QED) is 0.405. The van der Waals surface area contributed by atoms with Gasteiger partial charge in [0.2, 0.25) is 0 Å². The summed E-state index contributed by atoms with van der Waals surface area (Å²) in [5, 5.41) is 32.9. The summed E-state index contributed by atoms with van der Waals surface area (Å²) in [5.41, 5.74) is 1.56. The summed E-state index contributed by atoms with van der Waals surface area (Å²) in [6.07, 6.45) is 2.64. The third-order valence-corrected chi connectivity index (χ3v) is 7.24. The van der Waals surface area contributed by atoms with Gasteiger partial charge in [-0.05, 0) is 35.7 Å². The fourth-order valence-corrected chi connectivity index (χ4v) is 5.15. The normalized spacial score (nSPS) is 25.8. The number of aromatic nitrogens is 1. The first-order valence-electron chi connectivity index (χ1n) is 10.9. The van der Waals surface area contributed by atoms with Crippen molar-refractivity contribution in [2.45, 2.75) is 69.5 Å². The van der Waals surface area contributed by atoms with Crippen LogP contribution in [0.4, 0.5) is 0 Å². The minimum atomic E-state index is -1.27. The zero-order chi connectivity index (χ0) is 22.7. The van der Waals surface area contributed by atoms with Gasteiger partial charge in [-0.2, -0.15) is 0 Å². The Bertz CT molecular complexity index is 1010. The van der Waals surface area contributed by atoms with E-state index in [1.165, 1.54) is 11.3 Å². The highest BCUT2D eigenvalue weighted by Crippen LogP contribution is 2.36. The fourth-order valence-electron chi connectivity index (χ4n) is 4.06. The summed E-state index contributed by atoms with van der Waals surface area (Å²) < 4.78 is 11.5. The second kappa shape index (κ2) is 10.5. The number of thiazole rings is 1. The van der Waals surface area contributed by atoms with Crippen LogP contribution in [0.1, 0.15) is 54.8 Å². The van der Waals surface area contributed by atoms with E-state index in [9.17, 15) is 15.3 Å². The fraction of sp³-hybridized carbons (Fsp3) is 0.458. The molecule has 0 bridgehead atoms. The first-order valence-corrected chi connectivity index (χ1v) is 12.1. The molecule has 0 spiro atoms. The van der Waals surface area contributed by atoms with Crippen LogP contribution >= 0.6 is 22.9 Å². The molecule has 172 valence electrons. The van der Waals surface area contributed by atoms with Gasteiger partial charge in [-0.15, -0.1) is 11.3 Å². The van der Waals surface area contributed by atoms with Crippen LogP contribution in [0.25, 0.3) is 10.6 Å². The number of unbranched alkanes of at least 4 members (excludes halogenated alkanes) is 2. The Hall–Kier alpha value is -1.74. The molecule has 32 heavy (non-hydrogen) atoms. The van der Waals surface area contributed by atoms with Crippen molar-refractivity contribution in [2.75, 3.05) is 0 Å². The number of ether oxygens (including phenoxy) is 1. The Morgan fingerprint density at radius 3 is 2.69 bits per heavy atom. The largest absolute Gasteiger partial charge is 0.463 e. The average molecular weight is 478 g/mol. The highest BCUT2D eigenvalue weighted by atomic mass is 35.5. The maximum Gasteiger partial charge on any atom is 0.145 e. The third-order valence-electron chi connectivity index (χ3n) is 5.86. The molecule has 0 amide bonds. The lowest BCUT2D eigenvalue weighted by Gasteiger charge is -2.41. The van der Waals surface area contributed by atoms with E-state index >= 15 is 0 Å². The average Bonchev–Trinajstić information content (AvgIpc) is 3.48. The first-order chi connectivity index (χ1) is 15.5. The Balaban J connectivity index is 1.53. The number of halogens is 1. The van der Waals surface area contributed by atoms with Gasteiger partial charge in [0.1, 0.15) is 30.2 Å². The van der Waals surface area contributed by atoms with E-state index in [4.69, 9.17) is 20.8 Å². The molecule has 3 aromatic rings. The zero-order valence-electron chi connectivity index (χ0n) is 17.9. The van der Waals surface area contributed by atoms with Gasteiger partial charge in [0.25, 0.3) is 0 Å². The van der Waals surface area contributed by atoms with Crippen molar-refractivity contribution < 1.29 is 24.5 Å². The van der Waals surface area contributed by atoms with Crippen molar-refractivity contribution >= 4 is 22.9 Å². The zero-order valence-corrected chi connectivity index (χ0v) is 19.4. The van der Waals surface area contributed by atoms with Crippen LogP contribution in [0.15, 0.2) is 47.2 Å². The summed E-state index contributed by atoms with van der Waals surface area (Å²) in [7, 11) is 0. The smallest absolute Gasteiger partial charge is 0.145 e. The van der Waals surface area contributed by atoms with Gasteiger partial charge in [-0.3, -0.25) is 0 Å². The third kappa shape index (κ3) is 5.09. The van der Waals surface area contributed by atoms with Crippen LogP contribution in [0.3, 0.4) is 0 Å². The molecule has 5 atom stereocenters. The molecular formula is C24H28ClNO5S. The second-order valence-corrected chi connectivity index (χ2v) is 9.71. The number of hydrogen-bond acceptors (Lipinski definition) is 7. The number of nitrogens with zero attached hydrogens (tertiary/aromatic N) is 1. The predicted molar refractivity (Wildman–Crippen MR) is 124 cm³/mol. The minimum absolute atomic E-state index is 0.520. The summed E-state index contributed by atoms with van der Waals surface area (Å²) in [4.78, 5) is 5.43. The van der Waals surface area contributed by atoms with Crippen molar-refractivity contribution in [1.82, 2.24) is 4.98 Å². The SMILES string of the molecule is CCCCC[C@H]1O[C@@H](c2ccc(Cl)c(Cc3ncc(-c4ccco4)s3)c2)[C@H](O)[C@H](O)[C@@H]1O. The lowest BCUT2D eigenvalue weighted by molar-refractivity contribution is -0.226. The molecule has 0 saturated carbocycles. The number of benzene rings is 1. The van der Waals surface area contributed by atoms with E-state index in [2.05, 4.69) is 11.9 Å². The number of rotatable bonds is 8. The van der Waals surface area contributed by atoms with Crippen LogP contribution < -0.4 is 0 Å². The number of furan rings is 1. The van der Waals surface area contributed by atoms with E-state index in [1.54, 1.807) is 24.6 Å². The van der Waals surface area contributed by atoms with Crippen molar-refractivity contribution in [3.8, 4) is 10.6 Å². The molecular weight excluding hydrogens is 450 g/mol. The molecule has 1 aliphatic rings. The highest BCUT2D eigenvalue weighted by molar-refractivity contribution is 7.15. The van der Waals surface area contributed by atoms with E-state index in [-0.39, 0.29) is 0 Å². The molecule has 1 aromatic carbocycles. The molecule has 0 aliphatic carbocycles. The topological polar surface area (TPSA) is 96.0 Å². The van der Waals surface area contributed by atoms with Gasteiger partial charge in [-0.1, -0.05) is 49.9 Å². The van der Waals surface area contributed by atoms with E-state index in [1.807, 2.05) is 18.2 Å². The number of aliphatic hydroxyl groups excluding tert-OH is 3. The molecule has 8 heteroatoms. The number of aliphatic hydroxyl groups is 3. The molecule has 1 fully saturated rings. The van der Waals surface area contributed by atoms with Crippen molar-refractivity contribution in [2.24, 2.45) is 0 Å². The summed E-state index contributed by atoms with van der Waals surface area (Å²) in [6, 6.07) is 9.18. The van der Waals surface area contributed by atoms with Crippen LogP contribution in [0, 0.1) is 0 Å². The van der Waals surface area contributed by atoms with Crippen LogP contribution in [-0.2, 0) is 11.2 Å². The lowest BCUT2D eigenvalue weighted by Crippen LogP contribution is -2.54. The monoisotopic (exact) mass is 477 g/mol. The molecule has 4 rings (SSSR count). The Morgan fingerprint density at radius 1 is 1.09 bits per heavy atom. The van der Waals surface area contributed by atoms with Gasteiger partial charge < -0.3 is 24.5 Å². The Kier molecular flexibility index (Phi) is 7.66. The maximum atomic E-state index is 10.6. The lowest BCUT2D eigenvalue weighted by atomic mass is 9.88. The molecule has 1 aliphatic heterocycles. The summed E-state index contributed by atoms with van der Waals surface area (Å²) in [5.74, 6) is 0.772. The van der Waals surface area contributed by atoms with Crippen molar-refractivity contribution in [3.05, 3.63) is 63.9 Å². The number of hydrogen-bond donors (Lipinski definition) is 3. The highest BCUT2D eigenvalue weighted by Gasteiger charge is 2.43. The van der Waals surface area contributed by atoms with Crippen LogP contribution in [0.5, 0.6) is 0 Å². The molecule has 1 saturated heterocycles. The Morgan fingerprint density at radius 2 is 1.94 bits per heavy atom. The van der Waals surface area contributed by atoms with E-state index in [0.717, 1.165) is 40.5 Å².